The lowest BCUT2D eigenvalue weighted by Crippen LogP contribution is -2.45. The molecule has 3 rings (SSSR count). The molecule has 1 heterocycles. The molecule has 1 saturated heterocycles. The topological polar surface area (TPSA) is 104 Å². The van der Waals surface area contributed by atoms with E-state index in [0.29, 0.717) is 10.7 Å². The van der Waals surface area contributed by atoms with Crippen LogP contribution < -0.4 is 10.2 Å². The van der Waals surface area contributed by atoms with Crippen LogP contribution in [0.5, 0.6) is 0 Å². The molecule has 2 aromatic carbocycles. The molecule has 1 unspecified atom stereocenters. The van der Waals surface area contributed by atoms with Crippen molar-refractivity contribution in [3.05, 3.63) is 66.2 Å². The molecule has 0 aliphatic carbocycles. The highest BCUT2D eigenvalue weighted by atomic mass is 35.5. The predicted molar refractivity (Wildman–Crippen MR) is 117 cm³/mol. The lowest BCUT2D eigenvalue weighted by Gasteiger charge is -2.25. The SMILES string of the molecule is C=CCN(C1CC(=O)N(c2ccc(NC(C)=O)cc2)C1=O)S(=O)(=O)c1ccc(Cl)cc1. The van der Waals surface area contributed by atoms with Gasteiger partial charge in [-0.2, -0.15) is 4.31 Å². The van der Waals surface area contributed by atoms with Gasteiger partial charge in [-0.25, -0.2) is 13.3 Å². The van der Waals surface area contributed by atoms with Crippen molar-refractivity contribution in [3.63, 3.8) is 0 Å². The van der Waals surface area contributed by atoms with Gasteiger partial charge >= 0.3 is 0 Å². The Morgan fingerprint density at radius 3 is 2.35 bits per heavy atom. The van der Waals surface area contributed by atoms with Crippen LogP contribution in [-0.4, -0.2) is 43.0 Å². The molecule has 1 N–H and O–H groups in total. The van der Waals surface area contributed by atoms with Gasteiger partial charge < -0.3 is 5.32 Å². The first-order valence-electron chi connectivity index (χ1n) is 9.28. The maximum atomic E-state index is 13.2. The summed E-state index contributed by atoms with van der Waals surface area (Å²) in [6.45, 7) is 4.79. The van der Waals surface area contributed by atoms with Gasteiger partial charge in [-0.1, -0.05) is 17.7 Å². The molecule has 162 valence electrons. The molecule has 0 radical (unpaired) electrons. The molecule has 1 aliphatic heterocycles. The summed E-state index contributed by atoms with van der Waals surface area (Å²) >= 11 is 5.84. The van der Waals surface area contributed by atoms with E-state index >= 15 is 0 Å². The van der Waals surface area contributed by atoms with Crippen LogP contribution in [-0.2, 0) is 24.4 Å². The zero-order chi connectivity index (χ0) is 22.8. The second kappa shape index (κ2) is 9.01. The highest BCUT2D eigenvalue weighted by molar-refractivity contribution is 7.89. The Kier molecular flexibility index (Phi) is 6.59. The summed E-state index contributed by atoms with van der Waals surface area (Å²) in [5.41, 5.74) is 0.791. The third-order valence-corrected chi connectivity index (χ3v) is 6.79. The van der Waals surface area contributed by atoms with Gasteiger partial charge in [-0.3, -0.25) is 14.4 Å². The molecule has 10 heteroatoms. The van der Waals surface area contributed by atoms with Gasteiger partial charge in [0.05, 0.1) is 17.0 Å². The lowest BCUT2D eigenvalue weighted by molar-refractivity contribution is -0.122. The first-order chi connectivity index (χ1) is 14.6. The van der Waals surface area contributed by atoms with Gasteiger partial charge in [0.25, 0.3) is 5.91 Å². The Labute approximate surface area is 185 Å². The van der Waals surface area contributed by atoms with E-state index in [2.05, 4.69) is 11.9 Å². The van der Waals surface area contributed by atoms with Gasteiger partial charge in [0.2, 0.25) is 21.8 Å². The van der Waals surface area contributed by atoms with Gasteiger partial charge in [-0.15, -0.1) is 6.58 Å². The van der Waals surface area contributed by atoms with Gasteiger partial charge in [0.1, 0.15) is 6.04 Å². The van der Waals surface area contributed by atoms with Gasteiger partial charge in [0, 0.05) is 24.2 Å². The van der Waals surface area contributed by atoms with Crippen LogP contribution >= 0.6 is 11.6 Å². The number of nitrogens with zero attached hydrogens (tertiary/aromatic N) is 2. The second-order valence-electron chi connectivity index (χ2n) is 6.83. The lowest BCUT2D eigenvalue weighted by atomic mass is 10.2. The largest absolute Gasteiger partial charge is 0.326 e. The van der Waals surface area contributed by atoms with Crippen LogP contribution in [0.1, 0.15) is 13.3 Å². The van der Waals surface area contributed by atoms with Crippen molar-refractivity contribution < 1.29 is 22.8 Å². The number of hydrogen-bond acceptors (Lipinski definition) is 5. The second-order valence-corrected chi connectivity index (χ2v) is 9.16. The maximum Gasteiger partial charge on any atom is 0.252 e. The molecule has 1 atom stereocenters. The fourth-order valence-corrected chi connectivity index (χ4v) is 4.95. The molecule has 1 fully saturated rings. The molecule has 0 aromatic heterocycles. The number of rotatable bonds is 7. The molecule has 0 bridgehead atoms. The van der Waals surface area contributed by atoms with Crippen LogP contribution in [0.15, 0.2) is 66.1 Å². The highest BCUT2D eigenvalue weighted by Crippen LogP contribution is 2.30. The fourth-order valence-electron chi connectivity index (χ4n) is 3.27. The first kappa shape index (κ1) is 22.7. The summed E-state index contributed by atoms with van der Waals surface area (Å²) in [7, 11) is -4.09. The number of nitrogens with one attached hydrogen (secondary N) is 1. The minimum atomic E-state index is -4.09. The Morgan fingerprint density at radius 2 is 1.81 bits per heavy atom. The molecule has 1 aliphatic rings. The monoisotopic (exact) mass is 461 g/mol. The number of halogens is 1. The quantitative estimate of drug-likeness (QED) is 0.504. The number of amides is 3. The number of sulfonamides is 1. The fraction of sp³-hybridized carbons (Fsp3) is 0.190. The Balaban J connectivity index is 1.91. The van der Waals surface area contributed by atoms with Crippen molar-refractivity contribution in [1.29, 1.82) is 0 Å². The molecular weight excluding hydrogens is 442 g/mol. The normalized spacial score (nSPS) is 16.6. The van der Waals surface area contributed by atoms with E-state index in [4.69, 9.17) is 11.6 Å². The number of carbonyl (C=O) groups is 3. The number of carbonyl (C=O) groups excluding carboxylic acids is 3. The van der Waals surface area contributed by atoms with Crippen LogP contribution in [0.2, 0.25) is 5.02 Å². The standard InChI is InChI=1S/C21H20ClN3O5S/c1-3-12-24(31(29,30)18-10-4-15(22)5-11-18)19-13-20(27)25(21(19)28)17-8-6-16(7-9-17)23-14(2)26/h3-11,19H,1,12-13H2,2H3,(H,23,26). The molecule has 31 heavy (non-hydrogen) atoms. The molecule has 0 saturated carbocycles. The summed E-state index contributed by atoms with van der Waals surface area (Å²) < 4.78 is 27.3. The summed E-state index contributed by atoms with van der Waals surface area (Å²) in [6.07, 6.45) is 1.06. The Morgan fingerprint density at radius 1 is 1.19 bits per heavy atom. The maximum absolute atomic E-state index is 13.2. The van der Waals surface area contributed by atoms with Crippen molar-refractivity contribution in [2.75, 3.05) is 16.8 Å². The van der Waals surface area contributed by atoms with Crippen molar-refractivity contribution in [2.24, 2.45) is 0 Å². The number of anilines is 2. The van der Waals surface area contributed by atoms with Crippen LogP contribution in [0.4, 0.5) is 11.4 Å². The Hall–Kier alpha value is -3.01. The third-order valence-electron chi connectivity index (χ3n) is 4.65. The highest BCUT2D eigenvalue weighted by Gasteiger charge is 2.46. The molecule has 3 amide bonds. The van der Waals surface area contributed by atoms with E-state index in [9.17, 15) is 22.8 Å². The zero-order valence-corrected chi connectivity index (χ0v) is 18.2. The smallest absolute Gasteiger partial charge is 0.252 e. The molecular formula is C21H20ClN3O5S. The minimum Gasteiger partial charge on any atom is -0.326 e. The van der Waals surface area contributed by atoms with Crippen LogP contribution in [0.3, 0.4) is 0 Å². The van der Waals surface area contributed by atoms with Crippen molar-refractivity contribution in [1.82, 2.24) is 4.31 Å². The molecule has 8 nitrogen and oxygen atoms in total. The minimum absolute atomic E-state index is 0.0443. The van der Waals surface area contributed by atoms with E-state index < -0.39 is 27.9 Å². The summed E-state index contributed by atoms with van der Waals surface area (Å²) in [5.74, 6) is -1.44. The van der Waals surface area contributed by atoms with E-state index in [0.717, 1.165) is 9.21 Å². The summed E-state index contributed by atoms with van der Waals surface area (Å²) in [4.78, 5) is 37.8. The first-order valence-corrected chi connectivity index (χ1v) is 11.1. The van der Waals surface area contributed by atoms with E-state index in [1.165, 1.54) is 49.4 Å². The predicted octanol–water partition coefficient (Wildman–Crippen LogP) is 2.81. The zero-order valence-electron chi connectivity index (χ0n) is 16.6. The van der Waals surface area contributed by atoms with Crippen molar-refractivity contribution in [2.45, 2.75) is 24.3 Å². The van der Waals surface area contributed by atoms with Crippen molar-refractivity contribution in [3.8, 4) is 0 Å². The average Bonchev–Trinajstić information content (AvgIpc) is 3.00. The average molecular weight is 462 g/mol. The third kappa shape index (κ3) is 4.68. The summed E-state index contributed by atoms with van der Waals surface area (Å²) in [5, 5.41) is 2.97. The van der Waals surface area contributed by atoms with Crippen LogP contribution in [0, 0.1) is 0 Å². The van der Waals surface area contributed by atoms with E-state index in [1.54, 1.807) is 12.1 Å². The number of benzene rings is 2. The van der Waals surface area contributed by atoms with Crippen molar-refractivity contribution >= 4 is 50.7 Å². The number of imide groups is 1. The molecule has 0 spiro atoms. The van der Waals surface area contributed by atoms with E-state index in [1.807, 2.05) is 0 Å². The van der Waals surface area contributed by atoms with Crippen LogP contribution in [0.25, 0.3) is 0 Å². The van der Waals surface area contributed by atoms with Gasteiger partial charge in [0.15, 0.2) is 0 Å². The Bertz CT molecular complexity index is 1130. The number of hydrogen-bond donors (Lipinski definition) is 1. The molecule has 2 aromatic rings. The summed E-state index contributed by atoms with van der Waals surface area (Å²) in [6, 6.07) is 10.5. The van der Waals surface area contributed by atoms with E-state index in [-0.39, 0.29) is 29.5 Å². The van der Waals surface area contributed by atoms with Gasteiger partial charge in [-0.05, 0) is 48.5 Å².